The fourth-order valence-electron chi connectivity index (χ4n) is 1.89. The highest BCUT2D eigenvalue weighted by Crippen LogP contribution is 2.56. The number of aromatic nitrogens is 2. The summed E-state index contributed by atoms with van der Waals surface area (Å²) in [5.74, 6) is -0.0359. The second kappa shape index (κ2) is 3.50. The third-order valence-corrected chi connectivity index (χ3v) is 3.10. The second-order valence-corrected chi connectivity index (χ2v) is 4.81. The van der Waals surface area contributed by atoms with Crippen molar-refractivity contribution in [2.24, 2.45) is 5.41 Å². The van der Waals surface area contributed by atoms with Crippen LogP contribution in [0.25, 0.3) is 0 Å². The first-order valence-electron chi connectivity index (χ1n) is 5.46. The van der Waals surface area contributed by atoms with Crippen LogP contribution in [-0.4, -0.2) is 22.1 Å². The molecule has 2 rings (SSSR count). The number of anilines is 1. The minimum Gasteiger partial charge on any atom is -0.461 e. The number of nitrogen functional groups attached to an aromatic ring is 1. The number of carbonyl (C=O) groups is 1. The molecule has 1 atom stereocenters. The Labute approximate surface area is 94.6 Å². The molecule has 88 valence electrons. The van der Waals surface area contributed by atoms with Gasteiger partial charge in [0, 0.05) is 6.04 Å². The Morgan fingerprint density at radius 3 is 2.88 bits per heavy atom. The highest BCUT2D eigenvalue weighted by Gasteiger charge is 2.48. The van der Waals surface area contributed by atoms with Gasteiger partial charge in [0.1, 0.15) is 5.82 Å². The smallest absolute Gasteiger partial charge is 0.360 e. The topological polar surface area (TPSA) is 70.1 Å². The van der Waals surface area contributed by atoms with E-state index in [0.29, 0.717) is 18.5 Å². The van der Waals surface area contributed by atoms with E-state index in [-0.39, 0.29) is 11.1 Å². The van der Waals surface area contributed by atoms with Crippen LogP contribution in [0.5, 0.6) is 0 Å². The molecule has 0 aliphatic heterocycles. The first kappa shape index (κ1) is 11.0. The van der Waals surface area contributed by atoms with E-state index in [0.717, 1.165) is 6.42 Å². The molecule has 5 heteroatoms. The molecule has 1 aromatic rings. The number of rotatable bonds is 3. The van der Waals surface area contributed by atoms with Crippen molar-refractivity contribution in [3.8, 4) is 0 Å². The Hall–Kier alpha value is -1.52. The van der Waals surface area contributed by atoms with Gasteiger partial charge < -0.3 is 15.0 Å². The first-order chi connectivity index (χ1) is 7.47. The molecule has 1 saturated carbocycles. The molecule has 1 heterocycles. The molecule has 5 nitrogen and oxygen atoms in total. The van der Waals surface area contributed by atoms with Crippen LogP contribution >= 0.6 is 0 Å². The van der Waals surface area contributed by atoms with Crippen molar-refractivity contribution >= 4 is 11.8 Å². The number of carbonyl (C=O) groups excluding carboxylic acids is 1. The molecule has 1 fully saturated rings. The average molecular weight is 223 g/mol. The number of hydrogen-bond acceptors (Lipinski definition) is 4. The number of nitrogens with two attached hydrogens (primary N) is 1. The summed E-state index contributed by atoms with van der Waals surface area (Å²) in [6.45, 7) is 6.43. The summed E-state index contributed by atoms with van der Waals surface area (Å²) in [7, 11) is 0. The summed E-state index contributed by atoms with van der Waals surface area (Å²) in [5.41, 5.74) is 6.37. The van der Waals surface area contributed by atoms with Gasteiger partial charge in [-0.15, -0.1) is 0 Å². The van der Waals surface area contributed by atoms with E-state index >= 15 is 0 Å². The molecule has 1 aliphatic carbocycles. The summed E-state index contributed by atoms with van der Waals surface area (Å²) in [5, 5.41) is 0. The Balaban J connectivity index is 2.22. The number of ether oxygens (including phenoxy) is 1. The van der Waals surface area contributed by atoms with Crippen molar-refractivity contribution in [1.29, 1.82) is 0 Å². The standard InChI is InChI=1S/C11H17N3O2/c1-4-16-10(15)8-9(12)14(6-13-8)7-5-11(7,2)3/h6-7H,4-5,12H2,1-3H3. The van der Waals surface area contributed by atoms with Crippen molar-refractivity contribution in [2.45, 2.75) is 33.2 Å². The predicted molar refractivity (Wildman–Crippen MR) is 60.0 cm³/mol. The van der Waals surface area contributed by atoms with Gasteiger partial charge in [-0.05, 0) is 18.8 Å². The Morgan fingerprint density at radius 1 is 1.75 bits per heavy atom. The fraction of sp³-hybridized carbons (Fsp3) is 0.636. The molecule has 1 aromatic heterocycles. The molecule has 1 aliphatic rings. The van der Waals surface area contributed by atoms with Crippen molar-refractivity contribution in [1.82, 2.24) is 9.55 Å². The Bertz CT molecular complexity index is 423. The number of hydrogen-bond donors (Lipinski definition) is 1. The molecular formula is C11H17N3O2. The zero-order chi connectivity index (χ0) is 11.9. The van der Waals surface area contributed by atoms with Gasteiger partial charge in [-0.3, -0.25) is 0 Å². The van der Waals surface area contributed by atoms with Gasteiger partial charge in [-0.1, -0.05) is 13.8 Å². The van der Waals surface area contributed by atoms with Gasteiger partial charge in [0.25, 0.3) is 0 Å². The van der Waals surface area contributed by atoms with E-state index in [4.69, 9.17) is 10.5 Å². The van der Waals surface area contributed by atoms with Crippen LogP contribution in [0.1, 0.15) is 43.7 Å². The Morgan fingerprint density at radius 2 is 2.38 bits per heavy atom. The molecule has 2 N–H and O–H groups in total. The van der Waals surface area contributed by atoms with E-state index in [1.165, 1.54) is 0 Å². The summed E-state index contributed by atoms with van der Waals surface area (Å²) in [6.07, 6.45) is 2.69. The average Bonchev–Trinajstić information content (AvgIpc) is 2.67. The normalized spacial score (nSPS) is 21.8. The highest BCUT2D eigenvalue weighted by molar-refractivity contribution is 5.92. The second-order valence-electron chi connectivity index (χ2n) is 4.81. The van der Waals surface area contributed by atoms with Gasteiger partial charge in [0.2, 0.25) is 0 Å². The van der Waals surface area contributed by atoms with Crippen LogP contribution in [0, 0.1) is 5.41 Å². The van der Waals surface area contributed by atoms with Gasteiger partial charge >= 0.3 is 5.97 Å². The minimum atomic E-state index is -0.447. The van der Waals surface area contributed by atoms with E-state index in [2.05, 4.69) is 18.8 Å². The van der Waals surface area contributed by atoms with Gasteiger partial charge in [-0.2, -0.15) is 0 Å². The van der Waals surface area contributed by atoms with E-state index < -0.39 is 5.97 Å². The van der Waals surface area contributed by atoms with Crippen molar-refractivity contribution in [2.75, 3.05) is 12.3 Å². The maximum Gasteiger partial charge on any atom is 0.360 e. The third-order valence-electron chi connectivity index (χ3n) is 3.10. The first-order valence-corrected chi connectivity index (χ1v) is 5.46. The van der Waals surface area contributed by atoms with E-state index in [1.54, 1.807) is 13.3 Å². The fourth-order valence-corrected chi connectivity index (χ4v) is 1.89. The molecule has 0 bridgehead atoms. The van der Waals surface area contributed by atoms with Crippen LogP contribution in [-0.2, 0) is 4.74 Å². The lowest BCUT2D eigenvalue weighted by Gasteiger charge is -2.07. The van der Waals surface area contributed by atoms with Gasteiger partial charge in [-0.25, -0.2) is 9.78 Å². The lowest BCUT2D eigenvalue weighted by atomic mass is 10.2. The van der Waals surface area contributed by atoms with Crippen LogP contribution in [0.2, 0.25) is 0 Å². The largest absolute Gasteiger partial charge is 0.461 e. The van der Waals surface area contributed by atoms with Crippen molar-refractivity contribution in [3.05, 3.63) is 12.0 Å². The molecule has 1 unspecified atom stereocenters. The number of esters is 1. The lowest BCUT2D eigenvalue weighted by molar-refractivity contribution is 0.0521. The highest BCUT2D eigenvalue weighted by atomic mass is 16.5. The Kier molecular flexibility index (Phi) is 2.40. The summed E-state index contributed by atoms with van der Waals surface area (Å²) in [6, 6.07) is 0.350. The zero-order valence-electron chi connectivity index (χ0n) is 9.86. The maximum absolute atomic E-state index is 11.5. The van der Waals surface area contributed by atoms with Gasteiger partial charge in [0.15, 0.2) is 5.69 Å². The van der Waals surface area contributed by atoms with Crippen LogP contribution in [0.3, 0.4) is 0 Å². The molecule has 16 heavy (non-hydrogen) atoms. The zero-order valence-corrected chi connectivity index (χ0v) is 9.86. The van der Waals surface area contributed by atoms with Crippen molar-refractivity contribution in [3.63, 3.8) is 0 Å². The molecule has 0 saturated heterocycles. The predicted octanol–water partition coefficient (Wildman–Crippen LogP) is 1.61. The van der Waals surface area contributed by atoms with E-state index in [1.807, 2.05) is 4.57 Å². The molecule has 0 radical (unpaired) electrons. The number of imidazole rings is 1. The monoisotopic (exact) mass is 223 g/mol. The lowest BCUT2D eigenvalue weighted by Crippen LogP contribution is -2.10. The molecular weight excluding hydrogens is 206 g/mol. The van der Waals surface area contributed by atoms with Crippen LogP contribution < -0.4 is 5.73 Å². The maximum atomic E-state index is 11.5. The van der Waals surface area contributed by atoms with Crippen LogP contribution in [0.4, 0.5) is 5.82 Å². The number of nitrogens with zero attached hydrogens (tertiary/aromatic N) is 2. The quantitative estimate of drug-likeness (QED) is 0.790. The molecule has 0 amide bonds. The SMILES string of the molecule is CCOC(=O)c1ncn(C2CC2(C)C)c1N. The summed E-state index contributed by atoms with van der Waals surface area (Å²) < 4.78 is 6.75. The van der Waals surface area contributed by atoms with Gasteiger partial charge in [0.05, 0.1) is 12.9 Å². The molecule has 0 aromatic carbocycles. The van der Waals surface area contributed by atoms with Crippen LogP contribution in [0.15, 0.2) is 6.33 Å². The molecule has 0 spiro atoms. The minimum absolute atomic E-state index is 0.226. The van der Waals surface area contributed by atoms with Crippen molar-refractivity contribution < 1.29 is 9.53 Å². The van der Waals surface area contributed by atoms with E-state index in [9.17, 15) is 4.79 Å². The third kappa shape index (κ3) is 1.66. The summed E-state index contributed by atoms with van der Waals surface area (Å²) in [4.78, 5) is 15.5. The summed E-state index contributed by atoms with van der Waals surface area (Å²) >= 11 is 0.